The summed E-state index contributed by atoms with van der Waals surface area (Å²) in [6.45, 7) is 2.15. The molecule has 0 unspecified atom stereocenters. The van der Waals surface area contributed by atoms with E-state index in [0.717, 1.165) is 27.9 Å². The lowest BCUT2D eigenvalue weighted by atomic mass is 9.95. The Labute approximate surface area is 209 Å². The number of ether oxygens (including phenoxy) is 1. The van der Waals surface area contributed by atoms with Crippen LogP contribution in [0.5, 0.6) is 5.75 Å². The number of primary amides is 1. The highest BCUT2D eigenvalue weighted by atomic mass is 16.5. The number of aromatic nitrogens is 2. The summed E-state index contributed by atoms with van der Waals surface area (Å²) in [5, 5.41) is 0. The summed E-state index contributed by atoms with van der Waals surface area (Å²) in [5.74, 6) is -1.22. The molecule has 0 aliphatic heterocycles. The lowest BCUT2D eigenvalue weighted by molar-refractivity contribution is -0.114. The van der Waals surface area contributed by atoms with E-state index in [1.165, 1.54) is 0 Å². The molecule has 1 amide bonds. The number of carbonyl (C=O) groups is 2. The van der Waals surface area contributed by atoms with Crippen LogP contribution in [0.3, 0.4) is 0 Å². The van der Waals surface area contributed by atoms with Gasteiger partial charge in [0.25, 0.3) is 11.7 Å². The molecule has 2 N–H and O–H groups in total. The topological polar surface area (TPSA) is 86.7 Å². The van der Waals surface area contributed by atoms with Crippen molar-refractivity contribution in [2.45, 2.75) is 20.0 Å². The van der Waals surface area contributed by atoms with Crippen LogP contribution in [0.4, 0.5) is 0 Å². The third-order valence-electron chi connectivity index (χ3n) is 6.35. The van der Waals surface area contributed by atoms with Gasteiger partial charge in [0.15, 0.2) is 0 Å². The van der Waals surface area contributed by atoms with E-state index in [2.05, 4.69) is 29.2 Å². The van der Waals surface area contributed by atoms with E-state index < -0.39 is 11.7 Å². The van der Waals surface area contributed by atoms with Crippen molar-refractivity contribution in [2.75, 3.05) is 0 Å². The number of amides is 1. The zero-order valence-corrected chi connectivity index (χ0v) is 19.8. The third-order valence-corrected chi connectivity index (χ3v) is 6.35. The first-order valence-corrected chi connectivity index (χ1v) is 11.7. The summed E-state index contributed by atoms with van der Waals surface area (Å²) >= 11 is 0. The molecule has 0 radical (unpaired) electrons. The zero-order chi connectivity index (χ0) is 25.1. The fourth-order valence-electron chi connectivity index (χ4n) is 4.59. The molecule has 0 aliphatic carbocycles. The molecule has 3 heterocycles. The van der Waals surface area contributed by atoms with Gasteiger partial charge in [-0.2, -0.15) is 0 Å². The Balaban J connectivity index is 1.63. The molecule has 0 fully saturated rings. The Morgan fingerprint density at radius 1 is 0.917 bits per heavy atom. The molecule has 5 rings (SSSR count). The number of carbonyl (C=O) groups excluding carboxylic acids is 2. The lowest BCUT2D eigenvalue weighted by Crippen LogP contribution is -2.23. The van der Waals surface area contributed by atoms with E-state index in [9.17, 15) is 9.59 Å². The van der Waals surface area contributed by atoms with E-state index in [0.29, 0.717) is 29.9 Å². The smallest absolute Gasteiger partial charge is 0.289 e. The molecule has 0 atom stereocenters. The molecule has 0 bridgehead atoms. The number of hydrogen-bond donors (Lipinski definition) is 1. The third kappa shape index (κ3) is 4.36. The summed E-state index contributed by atoms with van der Waals surface area (Å²) in [6, 6.07) is 25.8. The van der Waals surface area contributed by atoms with Crippen molar-refractivity contribution in [2.24, 2.45) is 5.73 Å². The van der Waals surface area contributed by atoms with Gasteiger partial charge in [-0.05, 0) is 59.0 Å². The van der Waals surface area contributed by atoms with Crippen LogP contribution in [0.2, 0.25) is 0 Å². The molecule has 6 nitrogen and oxygen atoms in total. The average Bonchev–Trinajstić information content (AvgIpc) is 3.19. The minimum absolute atomic E-state index is 0.278. The SMILES string of the molecule is Cc1c(C(=O)C(N)=O)c2c(OCc3ccncc3)cccn2c1Cc1ccccc1-c1ccccc1. The molecule has 3 aromatic heterocycles. The first-order chi connectivity index (χ1) is 17.5. The van der Waals surface area contributed by atoms with Crippen LogP contribution in [0.25, 0.3) is 16.6 Å². The Bertz CT molecular complexity index is 1560. The Hall–Kier alpha value is -4.71. The average molecular weight is 476 g/mol. The predicted molar refractivity (Wildman–Crippen MR) is 139 cm³/mol. The second kappa shape index (κ2) is 9.88. The van der Waals surface area contributed by atoms with Crippen LogP contribution in [0, 0.1) is 6.92 Å². The van der Waals surface area contributed by atoms with Crippen molar-refractivity contribution in [3.8, 4) is 16.9 Å². The lowest BCUT2D eigenvalue weighted by Gasteiger charge is -2.12. The summed E-state index contributed by atoms with van der Waals surface area (Å²) in [7, 11) is 0. The highest BCUT2D eigenvalue weighted by molar-refractivity contribution is 6.44. The number of Topliss-reactive ketones (excluding diaryl/α,β-unsaturated/α-hetero) is 1. The normalized spacial score (nSPS) is 10.9. The molecule has 36 heavy (non-hydrogen) atoms. The van der Waals surface area contributed by atoms with Crippen molar-refractivity contribution < 1.29 is 14.3 Å². The van der Waals surface area contributed by atoms with Gasteiger partial charge in [0, 0.05) is 30.7 Å². The van der Waals surface area contributed by atoms with Crippen molar-refractivity contribution in [3.63, 3.8) is 0 Å². The quantitative estimate of drug-likeness (QED) is 0.248. The molecule has 6 heteroatoms. The van der Waals surface area contributed by atoms with E-state index in [4.69, 9.17) is 10.5 Å². The highest BCUT2D eigenvalue weighted by Crippen LogP contribution is 2.34. The number of nitrogens with zero attached hydrogens (tertiary/aromatic N) is 2. The Morgan fingerprint density at radius 3 is 2.39 bits per heavy atom. The second-order valence-corrected chi connectivity index (χ2v) is 8.58. The second-order valence-electron chi connectivity index (χ2n) is 8.58. The number of fused-ring (bicyclic) bond motifs is 1. The van der Waals surface area contributed by atoms with Crippen LogP contribution in [-0.2, 0) is 17.8 Å². The van der Waals surface area contributed by atoms with Gasteiger partial charge in [0.2, 0.25) is 0 Å². The predicted octanol–water partition coefficient (Wildman–Crippen LogP) is 5.15. The molecule has 178 valence electrons. The van der Waals surface area contributed by atoms with Crippen molar-refractivity contribution in [1.29, 1.82) is 0 Å². The van der Waals surface area contributed by atoms with Crippen molar-refractivity contribution in [1.82, 2.24) is 9.38 Å². The molecule has 2 aromatic carbocycles. The number of pyridine rings is 2. The number of benzene rings is 2. The van der Waals surface area contributed by atoms with E-state index in [-0.39, 0.29) is 5.56 Å². The fraction of sp³-hybridized carbons (Fsp3) is 0.100. The summed E-state index contributed by atoms with van der Waals surface area (Å²) in [4.78, 5) is 29.1. The highest BCUT2D eigenvalue weighted by Gasteiger charge is 2.27. The maximum atomic E-state index is 13.0. The number of hydrogen-bond acceptors (Lipinski definition) is 4. The Morgan fingerprint density at radius 2 is 1.64 bits per heavy atom. The maximum absolute atomic E-state index is 13.0. The maximum Gasteiger partial charge on any atom is 0.289 e. The van der Waals surface area contributed by atoms with Crippen molar-refractivity contribution in [3.05, 3.63) is 125 Å². The number of nitrogens with two attached hydrogens (primary N) is 1. The summed E-state index contributed by atoms with van der Waals surface area (Å²) < 4.78 is 8.07. The molecule has 5 aromatic rings. The zero-order valence-electron chi connectivity index (χ0n) is 19.8. The largest absolute Gasteiger partial charge is 0.487 e. The summed E-state index contributed by atoms with van der Waals surface area (Å²) in [6.07, 6.45) is 5.84. The van der Waals surface area contributed by atoms with E-state index >= 15 is 0 Å². The number of ketones is 1. The molecule has 0 aliphatic rings. The van der Waals surface area contributed by atoms with Gasteiger partial charge < -0.3 is 14.9 Å². The number of rotatable bonds is 8. The fourth-order valence-corrected chi connectivity index (χ4v) is 4.59. The van der Waals surface area contributed by atoms with Gasteiger partial charge in [0.05, 0.1) is 11.1 Å². The minimum Gasteiger partial charge on any atom is -0.487 e. The van der Waals surface area contributed by atoms with Gasteiger partial charge in [-0.1, -0.05) is 54.6 Å². The van der Waals surface area contributed by atoms with Gasteiger partial charge in [-0.3, -0.25) is 14.6 Å². The minimum atomic E-state index is -0.995. The van der Waals surface area contributed by atoms with Gasteiger partial charge in [-0.15, -0.1) is 0 Å². The monoisotopic (exact) mass is 475 g/mol. The molecular weight excluding hydrogens is 450 g/mol. The van der Waals surface area contributed by atoms with Crippen LogP contribution in [0.1, 0.15) is 32.7 Å². The molecule has 0 saturated carbocycles. The first-order valence-electron chi connectivity index (χ1n) is 11.7. The van der Waals surface area contributed by atoms with Crippen molar-refractivity contribution >= 4 is 17.2 Å². The van der Waals surface area contributed by atoms with Gasteiger partial charge >= 0.3 is 0 Å². The molecular formula is C30H25N3O3. The summed E-state index contributed by atoms with van der Waals surface area (Å²) in [5.41, 5.74) is 12.2. The Kier molecular flexibility index (Phi) is 6.33. The van der Waals surface area contributed by atoms with Crippen LogP contribution in [-0.4, -0.2) is 21.1 Å². The van der Waals surface area contributed by atoms with Crippen LogP contribution in [0.15, 0.2) is 97.5 Å². The standard InChI is InChI=1S/C30H25N3O3/c1-20-25(18-23-10-5-6-11-24(23)22-8-3-2-4-9-22)33-17-7-12-26(28(33)27(20)29(34)30(31)35)36-19-21-13-15-32-16-14-21/h2-17H,18-19H2,1H3,(H2,31,35). The van der Waals surface area contributed by atoms with E-state index in [1.807, 2.05) is 66.1 Å². The molecule has 0 saturated heterocycles. The van der Waals surface area contributed by atoms with Crippen LogP contribution < -0.4 is 10.5 Å². The van der Waals surface area contributed by atoms with Gasteiger partial charge in [0.1, 0.15) is 12.4 Å². The first kappa shape index (κ1) is 23.1. The van der Waals surface area contributed by atoms with Gasteiger partial charge in [-0.25, -0.2) is 0 Å². The molecule has 0 spiro atoms. The van der Waals surface area contributed by atoms with E-state index in [1.54, 1.807) is 18.5 Å². The van der Waals surface area contributed by atoms with Crippen LogP contribution >= 0.6 is 0 Å².